The third-order valence-electron chi connectivity index (χ3n) is 3.83. The molecule has 148 valence electrons. The molecule has 8 heteroatoms. The minimum Gasteiger partial charge on any atom is -0.493 e. The number of nitrogens with zero attached hydrogens (tertiary/aromatic N) is 1. The van der Waals surface area contributed by atoms with Crippen LogP contribution >= 0.6 is 24.0 Å². The molecule has 0 aliphatic carbocycles. The summed E-state index contributed by atoms with van der Waals surface area (Å²) in [6.45, 7) is 0.945. The van der Waals surface area contributed by atoms with Crippen LogP contribution in [0.15, 0.2) is 41.4 Å². The smallest absolute Gasteiger partial charge is 0.191 e. The topological polar surface area (TPSA) is 54.9 Å². The first kappa shape index (κ1) is 22.9. The molecule has 2 rings (SSSR count). The Morgan fingerprint density at radius 1 is 1.00 bits per heavy atom. The van der Waals surface area contributed by atoms with Crippen molar-refractivity contribution in [3.8, 4) is 11.5 Å². The number of hydrogen-bond acceptors (Lipinski definition) is 3. The van der Waals surface area contributed by atoms with Gasteiger partial charge in [-0.15, -0.1) is 24.0 Å². The number of benzene rings is 2. The fourth-order valence-electron chi connectivity index (χ4n) is 2.45. The maximum absolute atomic E-state index is 13.6. The highest BCUT2D eigenvalue weighted by atomic mass is 127. The van der Waals surface area contributed by atoms with Crippen LogP contribution in [0.1, 0.15) is 11.1 Å². The molecule has 0 radical (unpaired) electrons. The minimum absolute atomic E-state index is 0. The summed E-state index contributed by atoms with van der Waals surface area (Å²) in [4.78, 5) is 4.12. The van der Waals surface area contributed by atoms with Crippen LogP contribution < -0.4 is 20.1 Å². The zero-order chi connectivity index (χ0) is 18.9. The molecule has 0 bridgehead atoms. The fourth-order valence-corrected chi connectivity index (χ4v) is 2.45. The standard InChI is InChI=1S/C19H23F2N3O2.HI/c1-22-19(23-9-8-14-11-15(20)5-6-16(14)21)24-12-13-4-7-17(25-2)18(10-13)26-3;/h4-7,10-11H,8-9,12H2,1-3H3,(H2,22,23,24);1H. The number of rotatable bonds is 7. The van der Waals surface area contributed by atoms with Crippen LogP contribution in [0.4, 0.5) is 8.78 Å². The minimum atomic E-state index is -0.447. The summed E-state index contributed by atoms with van der Waals surface area (Å²) in [5.74, 6) is 1.02. The molecule has 0 saturated carbocycles. The van der Waals surface area contributed by atoms with Gasteiger partial charge in [-0.25, -0.2) is 8.78 Å². The summed E-state index contributed by atoms with van der Waals surface area (Å²) in [7, 11) is 4.82. The van der Waals surface area contributed by atoms with Gasteiger partial charge in [-0.2, -0.15) is 0 Å². The normalized spacial score (nSPS) is 10.8. The molecule has 2 aromatic carbocycles. The zero-order valence-electron chi connectivity index (χ0n) is 15.5. The quantitative estimate of drug-likeness (QED) is 0.354. The van der Waals surface area contributed by atoms with Crippen molar-refractivity contribution in [1.29, 1.82) is 0 Å². The fraction of sp³-hybridized carbons (Fsp3) is 0.316. The van der Waals surface area contributed by atoms with Crippen molar-refractivity contribution in [3.05, 3.63) is 59.2 Å². The highest BCUT2D eigenvalue weighted by molar-refractivity contribution is 14.0. The van der Waals surface area contributed by atoms with Gasteiger partial charge in [-0.1, -0.05) is 6.07 Å². The Labute approximate surface area is 175 Å². The molecule has 2 N–H and O–H groups in total. The van der Waals surface area contributed by atoms with Crippen LogP contribution in [-0.2, 0) is 13.0 Å². The SMILES string of the molecule is CN=C(NCCc1cc(F)ccc1F)NCc1ccc(OC)c(OC)c1.I. The molecule has 0 amide bonds. The Morgan fingerprint density at radius 3 is 2.41 bits per heavy atom. The second-order valence-corrected chi connectivity index (χ2v) is 5.53. The second kappa shape index (κ2) is 11.6. The van der Waals surface area contributed by atoms with E-state index in [-0.39, 0.29) is 24.0 Å². The molecule has 0 aliphatic rings. The molecule has 0 atom stereocenters. The number of nitrogens with one attached hydrogen (secondary N) is 2. The summed E-state index contributed by atoms with van der Waals surface area (Å²) < 4.78 is 37.3. The predicted molar refractivity (Wildman–Crippen MR) is 113 cm³/mol. The average molecular weight is 491 g/mol. The Hall–Kier alpha value is -2.10. The predicted octanol–water partition coefficient (Wildman–Crippen LogP) is 3.51. The van der Waals surface area contributed by atoms with E-state index < -0.39 is 11.6 Å². The molecule has 0 spiro atoms. The van der Waals surface area contributed by atoms with Crippen LogP contribution in [0.25, 0.3) is 0 Å². The largest absolute Gasteiger partial charge is 0.493 e. The molecule has 0 aliphatic heterocycles. The monoisotopic (exact) mass is 491 g/mol. The first-order valence-electron chi connectivity index (χ1n) is 8.16. The third-order valence-corrected chi connectivity index (χ3v) is 3.83. The van der Waals surface area contributed by atoms with Crippen LogP contribution in [-0.4, -0.2) is 33.8 Å². The highest BCUT2D eigenvalue weighted by Gasteiger charge is 2.07. The molecule has 2 aromatic rings. The Bertz CT molecular complexity index is 773. The third kappa shape index (κ3) is 6.85. The van der Waals surface area contributed by atoms with Gasteiger partial charge in [0.2, 0.25) is 0 Å². The number of guanidine groups is 1. The van der Waals surface area contributed by atoms with Gasteiger partial charge < -0.3 is 20.1 Å². The Kier molecular flexibility index (Phi) is 9.84. The summed E-state index contributed by atoms with van der Waals surface area (Å²) in [6, 6.07) is 9.07. The van der Waals surface area contributed by atoms with Crippen LogP contribution in [0, 0.1) is 11.6 Å². The lowest BCUT2D eigenvalue weighted by atomic mass is 10.1. The van der Waals surface area contributed by atoms with Gasteiger partial charge in [0.1, 0.15) is 11.6 Å². The van der Waals surface area contributed by atoms with Gasteiger partial charge in [0, 0.05) is 20.1 Å². The summed E-state index contributed by atoms with van der Waals surface area (Å²) in [5.41, 5.74) is 1.31. The van der Waals surface area contributed by atoms with Crippen molar-refractivity contribution < 1.29 is 18.3 Å². The van der Waals surface area contributed by atoms with Gasteiger partial charge in [-0.3, -0.25) is 4.99 Å². The van der Waals surface area contributed by atoms with E-state index in [1.807, 2.05) is 18.2 Å². The molecular formula is C19H24F2IN3O2. The summed E-state index contributed by atoms with van der Waals surface area (Å²) in [6.07, 6.45) is 0.348. The number of aliphatic imine (C=N–C) groups is 1. The molecule has 5 nitrogen and oxygen atoms in total. The van der Waals surface area contributed by atoms with Crippen molar-refractivity contribution in [3.63, 3.8) is 0 Å². The van der Waals surface area contributed by atoms with Gasteiger partial charge in [0.25, 0.3) is 0 Å². The van der Waals surface area contributed by atoms with E-state index in [1.54, 1.807) is 21.3 Å². The maximum atomic E-state index is 13.6. The van der Waals surface area contributed by atoms with E-state index in [4.69, 9.17) is 9.47 Å². The van der Waals surface area contributed by atoms with Crippen molar-refractivity contribution >= 4 is 29.9 Å². The van der Waals surface area contributed by atoms with E-state index in [2.05, 4.69) is 15.6 Å². The molecule has 27 heavy (non-hydrogen) atoms. The number of methoxy groups -OCH3 is 2. The second-order valence-electron chi connectivity index (χ2n) is 5.53. The lowest BCUT2D eigenvalue weighted by Gasteiger charge is -2.13. The van der Waals surface area contributed by atoms with Crippen LogP contribution in [0.3, 0.4) is 0 Å². The number of hydrogen-bond donors (Lipinski definition) is 2. The van der Waals surface area contributed by atoms with E-state index >= 15 is 0 Å². The lowest BCUT2D eigenvalue weighted by Crippen LogP contribution is -2.37. The van der Waals surface area contributed by atoms with Gasteiger partial charge in [-0.05, 0) is 47.9 Å². The molecular weight excluding hydrogens is 467 g/mol. The van der Waals surface area contributed by atoms with Crippen LogP contribution in [0.5, 0.6) is 11.5 Å². The van der Waals surface area contributed by atoms with Crippen molar-refractivity contribution in [1.82, 2.24) is 10.6 Å². The number of ether oxygens (including phenoxy) is 2. The lowest BCUT2D eigenvalue weighted by molar-refractivity contribution is 0.354. The zero-order valence-corrected chi connectivity index (χ0v) is 17.8. The molecule has 0 saturated heterocycles. The molecule has 0 unspecified atom stereocenters. The van der Waals surface area contributed by atoms with Gasteiger partial charge in [0.05, 0.1) is 14.2 Å². The van der Waals surface area contributed by atoms with E-state index in [1.165, 1.54) is 6.07 Å². The van der Waals surface area contributed by atoms with E-state index in [0.29, 0.717) is 42.5 Å². The summed E-state index contributed by atoms with van der Waals surface area (Å²) >= 11 is 0. The molecule has 0 heterocycles. The number of halogens is 3. The van der Waals surface area contributed by atoms with E-state index in [0.717, 1.165) is 17.7 Å². The molecule has 0 aromatic heterocycles. The Balaban J connectivity index is 0.00000364. The van der Waals surface area contributed by atoms with Crippen LogP contribution in [0.2, 0.25) is 0 Å². The summed E-state index contributed by atoms with van der Waals surface area (Å²) in [5, 5.41) is 6.24. The van der Waals surface area contributed by atoms with Gasteiger partial charge in [0.15, 0.2) is 17.5 Å². The first-order valence-corrected chi connectivity index (χ1v) is 8.16. The van der Waals surface area contributed by atoms with E-state index in [9.17, 15) is 8.78 Å². The van der Waals surface area contributed by atoms with Crippen molar-refractivity contribution in [2.45, 2.75) is 13.0 Å². The van der Waals surface area contributed by atoms with Crippen molar-refractivity contribution in [2.24, 2.45) is 4.99 Å². The average Bonchev–Trinajstić information content (AvgIpc) is 2.66. The Morgan fingerprint density at radius 2 is 1.74 bits per heavy atom. The first-order chi connectivity index (χ1) is 12.6. The molecule has 0 fully saturated rings. The van der Waals surface area contributed by atoms with Crippen molar-refractivity contribution in [2.75, 3.05) is 27.8 Å². The van der Waals surface area contributed by atoms with Gasteiger partial charge >= 0.3 is 0 Å². The maximum Gasteiger partial charge on any atom is 0.191 e. The highest BCUT2D eigenvalue weighted by Crippen LogP contribution is 2.27.